The number of hydrogen-bond acceptors (Lipinski definition) is 5. The van der Waals surface area contributed by atoms with E-state index in [1.165, 1.54) is 12.8 Å². The molecule has 76 valence electrons. The van der Waals surface area contributed by atoms with Gasteiger partial charge in [-0.25, -0.2) is 10.8 Å². The fraction of sp³-hybridized carbons (Fsp3) is 0.556. The van der Waals surface area contributed by atoms with E-state index < -0.39 is 0 Å². The maximum Gasteiger partial charge on any atom is 0.158 e. The molecule has 0 aliphatic heterocycles. The second-order valence-electron chi connectivity index (χ2n) is 3.50. The lowest BCUT2D eigenvalue weighted by Crippen LogP contribution is -2.09. The van der Waals surface area contributed by atoms with Crippen molar-refractivity contribution in [2.24, 2.45) is 11.8 Å². The Labute approximate surface area is 82.7 Å². The van der Waals surface area contributed by atoms with Crippen LogP contribution in [0.3, 0.4) is 0 Å². The van der Waals surface area contributed by atoms with Crippen LogP contribution in [0.15, 0.2) is 12.4 Å². The molecule has 2 rings (SSSR count). The number of nitrogens with zero attached hydrogens (tertiary/aromatic N) is 2. The minimum atomic E-state index is 0.536. The van der Waals surface area contributed by atoms with Crippen molar-refractivity contribution in [2.75, 3.05) is 12.0 Å². The van der Waals surface area contributed by atoms with Gasteiger partial charge in [0.25, 0.3) is 0 Å². The van der Waals surface area contributed by atoms with Crippen LogP contribution in [0.4, 0.5) is 5.82 Å². The van der Waals surface area contributed by atoms with Gasteiger partial charge < -0.3 is 10.2 Å². The number of nitrogen functional groups attached to an aromatic ring is 1. The lowest BCUT2D eigenvalue weighted by Gasteiger charge is -2.03. The van der Waals surface area contributed by atoms with Gasteiger partial charge in [0.15, 0.2) is 5.82 Å². The van der Waals surface area contributed by atoms with Crippen molar-refractivity contribution < 1.29 is 4.74 Å². The van der Waals surface area contributed by atoms with E-state index in [2.05, 4.69) is 15.4 Å². The summed E-state index contributed by atoms with van der Waals surface area (Å²) in [7, 11) is 0. The zero-order valence-corrected chi connectivity index (χ0v) is 7.94. The smallest absolute Gasteiger partial charge is 0.158 e. The molecule has 1 aromatic rings. The van der Waals surface area contributed by atoms with E-state index in [1.807, 2.05) is 0 Å². The molecule has 1 aliphatic carbocycles. The van der Waals surface area contributed by atoms with Crippen LogP contribution in [-0.4, -0.2) is 16.6 Å². The van der Waals surface area contributed by atoms with Gasteiger partial charge in [-0.3, -0.25) is 4.98 Å². The summed E-state index contributed by atoms with van der Waals surface area (Å²) in [5.41, 5.74) is 3.26. The van der Waals surface area contributed by atoms with Gasteiger partial charge in [-0.1, -0.05) is 0 Å². The Morgan fingerprint density at radius 2 is 2.29 bits per heavy atom. The SMILES string of the molecule is NNc1cnc(COCC2CC2)cn1. The largest absolute Gasteiger partial charge is 0.375 e. The highest BCUT2D eigenvalue weighted by molar-refractivity contribution is 5.28. The Balaban J connectivity index is 1.77. The van der Waals surface area contributed by atoms with Crippen molar-refractivity contribution in [3.05, 3.63) is 18.1 Å². The summed E-state index contributed by atoms with van der Waals surface area (Å²) in [5.74, 6) is 6.52. The van der Waals surface area contributed by atoms with Crippen LogP contribution in [-0.2, 0) is 11.3 Å². The lowest BCUT2D eigenvalue weighted by molar-refractivity contribution is 0.108. The first-order valence-corrected chi connectivity index (χ1v) is 4.74. The second-order valence-corrected chi connectivity index (χ2v) is 3.50. The van der Waals surface area contributed by atoms with Crippen LogP contribution in [0.1, 0.15) is 18.5 Å². The number of hydrazine groups is 1. The predicted octanol–water partition coefficient (Wildman–Crippen LogP) is 0.689. The number of anilines is 1. The highest BCUT2D eigenvalue weighted by Gasteiger charge is 2.21. The second kappa shape index (κ2) is 4.34. The molecule has 3 N–H and O–H groups in total. The molecule has 1 saturated carbocycles. The molecule has 0 atom stereocenters. The molecule has 5 heteroatoms. The molecule has 0 amide bonds. The van der Waals surface area contributed by atoms with Gasteiger partial charge in [-0.2, -0.15) is 0 Å². The van der Waals surface area contributed by atoms with Crippen LogP contribution in [0.5, 0.6) is 0 Å². The summed E-state index contributed by atoms with van der Waals surface area (Å²) in [6.45, 7) is 1.38. The Hall–Kier alpha value is -1.20. The quantitative estimate of drug-likeness (QED) is 0.533. The van der Waals surface area contributed by atoms with E-state index in [4.69, 9.17) is 10.6 Å². The molecule has 1 heterocycles. The Morgan fingerprint density at radius 3 is 2.86 bits per heavy atom. The van der Waals surface area contributed by atoms with Crippen LogP contribution >= 0.6 is 0 Å². The van der Waals surface area contributed by atoms with Gasteiger partial charge in [0, 0.05) is 6.61 Å². The molecule has 1 fully saturated rings. The summed E-state index contributed by atoms with van der Waals surface area (Å²) in [6, 6.07) is 0. The number of aromatic nitrogens is 2. The first-order chi connectivity index (χ1) is 6.88. The third-order valence-electron chi connectivity index (χ3n) is 2.15. The molecule has 5 nitrogen and oxygen atoms in total. The van der Waals surface area contributed by atoms with Crippen LogP contribution in [0.25, 0.3) is 0 Å². The average Bonchev–Trinajstić information content (AvgIpc) is 3.03. The van der Waals surface area contributed by atoms with E-state index in [1.54, 1.807) is 12.4 Å². The highest BCUT2D eigenvalue weighted by Crippen LogP contribution is 2.28. The highest BCUT2D eigenvalue weighted by atomic mass is 16.5. The monoisotopic (exact) mass is 194 g/mol. The maximum absolute atomic E-state index is 5.46. The maximum atomic E-state index is 5.46. The van der Waals surface area contributed by atoms with E-state index in [0.717, 1.165) is 18.2 Å². The molecular weight excluding hydrogens is 180 g/mol. The van der Waals surface area contributed by atoms with Gasteiger partial charge in [-0.15, -0.1) is 0 Å². The van der Waals surface area contributed by atoms with Gasteiger partial charge in [-0.05, 0) is 18.8 Å². The zero-order chi connectivity index (χ0) is 9.80. The predicted molar refractivity (Wildman–Crippen MR) is 52.2 cm³/mol. The van der Waals surface area contributed by atoms with Crippen LogP contribution in [0.2, 0.25) is 0 Å². The molecule has 0 aromatic carbocycles. The molecule has 0 bridgehead atoms. The van der Waals surface area contributed by atoms with Gasteiger partial charge in [0.1, 0.15) is 0 Å². The number of ether oxygens (including phenoxy) is 1. The summed E-state index contributed by atoms with van der Waals surface area (Å²) >= 11 is 0. The minimum absolute atomic E-state index is 0.536. The van der Waals surface area contributed by atoms with E-state index >= 15 is 0 Å². The van der Waals surface area contributed by atoms with Crippen molar-refractivity contribution in [1.29, 1.82) is 0 Å². The molecule has 0 spiro atoms. The molecule has 1 aromatic heterocycles. The summed E-state index contributed by atoms with van der Waals surface area (Å²) in [6.07, 6.45) is 5.88. The summed E-state index contributed by atoms with van der Waals surface area (Å²) in [5, 5.41) is 0. The zero-order valence-electron chi connectivity index (χ0n) is 7.94. The molecule has 1 aliphatic rings. The van der Waals surface area contributed by atoms with Gasteiger partial charge >= 0.3 is 0 Å². The molecular formula is C9H14N4O. The van der Waals surface area contributed by atoms with Crippen LogP contribution in [0, 0.1) is 5.92 Å². The average molecular weight is 194 g/mol. The fourth-order valence-electron chi connectivity index (χ4n) is 1.12. The molecule has 14 heavy (non-hydrogen) atoms. The third-order valence-corrected chi connectivity index (χ3v) is 2.15. The number of nitrogens with one attached hydrogen (secondary N) is 1. The topological polar surface area (TPSA) is 73.1 Å². The Kier molecular flexibility index (Phi) is 2.90. The van der Waals surface area contributed by atoms with Crippen molar-refractivity contribution >= 4 is 5.82 Å². The normalized spacial score (nSPS) is 15.5. The van der Waals surface area contributed by atoms with Crippen molar-refractivity contribution in [3.63, 3.8) is 0 Å². The molecule has 0 unspecified atom stereocenters. The Morgan fingerprint density at radius 1 is 1.43 bits per heavy atom. The Bertz CT molecular complexity index is 283. The number of rotatable bonds is 5. The minimum Gasteiger partial charge on any atom is -0.375 e. The first-order valence-electron chi connectivity index (χ1n) is 4.74. The number of nitrogens with two attached hydrogens (primary N) is 1. The number of hydrogen-bond donors (Lipinski definition) is 2. The van der Waals surface area contributed by atoms with Crippen molar-refractivity contribution in [1.82, 2.24) is 9.97 Å². The van der Waals surface area contributed by atoms with Gasteiger partial charge in [0.05, 0.1) is 24.7 Å². The molecule has 0 saturated heterocycles. The van der Waals surface area contributed by atoms with Crippen LogP contribution < -0.4 is 11.3 Å². The molecule has 0 radical (unpaired) electrons. The standard InChI is InChI=1S/C9H14N4O/c10-13-9-4-11-8(3-12-9)6-14-5-7-1-2-7/h3-4,7H,1-2,5-6,10H2,(H,12,13). The van der Waals surface area contributed by atoms with E-state index in [9.17, 15) is 0 Å². The lowest BCUT2D eigenvalue weighted by atomic mass is 10.4. The summed E-state index contributed by atoms with van der Waals surface area (Å²) < 4.78 is 5.46. The van der Waals surface area contributed by atoms with Crippen molar-refractivity contribution in [2.45, 2.75) is 19.4 Å². The van der Waals surface area contributed by atoms with Crippen molar-refractivity contribution in [3.8, 4) is 0 Å². The van der Waals surface area contributed by atoms with E-state index in [-0.39, 0.29) is 0 Å². The van der Waals surface area contributed by atoms with E-state index in [0.29, 0.717) is 12.4 Å². The summed E-state index contributed by atoms with van der Waals surface area (Å²) in [4.78, 5) is 8.17. The van der Waals surface area contributed by atoms with Gasteiger partial charge in [0.2, 0.25) is 0 Å². The third kappa shape index (κ3) is 2.65. The fourth-order valence-corrected chi connectivity index (χ4v) is 1.12. The first kappa shape index (κ1) is 9.36.